The molecule has 0 amide bonds. The van der Waals surface area contributed by atoms with E-state index in [1.807, 2.05) is 6.07 Å². The number of alkyl halides is 4. The molecule has 0 radical (unpaired) electrons. The number of nitrogens with zero attached hydrogens (tertiary/aromatic N) is 1. The van der Waals surface area contributed by atoms with Crippen LogP contribution < -0.4 is 0 Å². The highest BCUT2D eigenvalue weighted by Gasteiger charge is 2.46. The van der Waals surface area contributed by atoms with Crippen molar-refractivity contribution in [2.24, 2.45) is 5.41 Å². The lowest BCUT2D eigenvalue weighted by Gasteiger charge is -2.51. The molecule has 2 bridgehead atoms. The second-order valence-electron chi connectivity index (χ2n) is 8.55. The average Bonchev–Trinajstić information content (AvgIpc) is 2.71. The molecule has 3 nitrogen and oxygen atoms in total. The summed E-state index contributed by atoms with van der Waals surface area (Å²) in [6, 6.07) is 5.80. The lowest BCUT2D eigenvalue weighted by atomic mass is 9.59. The molecule has 29 heavy (non-hydrogen) atoms. The maximum atomic E-state index is 13.6. The summed E-state index contributed by atoms with van der Waals surface area (Å²) in [7, 11) is 1.13. The van der Waals surface area contributed by atoms with Crippen LogP contribution in [-0.4, -0.2) is 21.5 Å². The fraction of sp³-hybridized carbons (Fsp3) is 0.545. The van der Waals surface area contributed by atoms with E-state index in [9.17, 15) is 18.0 Å². The average molecular weight is 517 g/mol. The number of hydrogen-bond acceptors (Lipinski definition) is 3. The van der Waals surface area contributed by atoms with Gasteiger partial charge in [-0.05, 0) is 80.5 Å². The zero-order valence-corrected chi connectivity index (χ0v) is 18.4. The monoisotopic (exact) mass is 517 g/mol. The molecular weight excluding hydrogens is 494 g/mol. The summed E-state index contributed by atoms with van der Waals surface area (Å²) in [5.41, 5.74) is 0.231. The van der Waals surface area contributed by atoms with Crippen molar-refractivity contribution in [2.75, 3.05) is 7.11 Å². The summed E-state index contributed by atoms with van der Waals surface area (Å²) in [6.07, 6.45) is 4.64. The minimum atomic E-state index is -4.57. The zero-order valence-electron chi connectivity index (χ0n) is 16.2. The molecule has 156 valence electrons. The van der Waals surface area contributed by atoms with E-state index in [2.05, 4.69) is 32.3 Å². The molecule has 1 aromatic heterocycles. The maximum Gasteiger partial charge on any atom is 0.417 e. The fourth-order valence-corrected chi connectivity index (χ4v) is 5.68. The smallest absolute Gasteiger partial charge is 0.417 e. The first-order valence-corrected chi connectivity index (χ1v) is 11.0. The van der Waals surface area contributed by atoms with Crippen molar-refractivity contribution < 1.29 is 22.7 Å². The zero-order chi connectivity index (χ0) is 20.9. The van der Waals surface area contributed by atoms with E-state index in [-0.39, 0.29) is 16.6 Å². The van der Waals surface area contributed by atoms with Crippen LogP contribution in [0.1, 0.15) is 66.6 Å². The number of rotatable bonds is 4. The van der Waals surface area contributed by atoms with E-state index in [0.717, 1.165) is 31.6 Å². The van der Waals surface area contributed by atoms with Crippen molar-refractivity contribution in [2.45, 2.75) is 61.0 Å². The van der Waals surface area contributed by atoms with E-state index < -0.39 is 17.7 Å². The van der Waals surface area contributed by atoms with Gasteiger partial charge in [-0.15, -0.1) is 0 Å². The van der Waals surface area contributed by atoms with E-state index in [0.29, 0.717) is 8.84 Å². The highest BCUT2D eigenvalue weighted by Crippen LogP contribution is 2.58. The van der Waals surface area contributed by atoms with Gasteiger partial charge in [0.05, 0.1) is 18.2 Å². The molecular formula is C22H23F3INO2. The molecule has 3 saturated carbocycles. The first-order valence-electron chi connectivity index (χ1n) is 9.91. The topological polar surface area (TPSA) is 39.2 Å². The van der Waals surface area contributed by atoms with Crippen molar-refractivity contribution in [3.05, 3.63) is 41.1 Å². The van der Waals surface area contributed by atoms with Crippen LogP contribution in [0.4, 0.5) is 13.2 Å². The second-order valence-corrected chi connectivity index (χ2v) is 10.8. The first-order chi connectivity index (χ1) is 13.6. The van der Waals surface area contributed by atoms with Gasteiger partial charge < -0.3 is 4.74 Å². The predicted molar refractivity (Wildman–Crippen MR) is 113 cm³/mol. The Hall–Kier alpha value is -1.38. The number of pyridine rings is 1. The van der Waals surface area contributed by atoms with Crippen LogP contribution in [0.25, 0.3) is 10.9 Å². The van der Waals surface area contributed by atoms with Gasteiger partial charge in [0, 0.05) is 8.81 Å². The van der Waals surface area contributed by atoms with Gasteiger partial charge in [-0.2, -0.15) is 13.2 Å². The number of carbonyl (C=O) groups excluding carboxylic acids is 1. The van der Waals surface area contributed by atoms with Crippen LogP contribution in [0.5, 0.6) is 0 Å². The minimum absolute atomic E-state index is 0.0405. The van der Waals surface area contributed by atoms with Crippen LogP contribution in [0.2, 0.25) is 0 Å². The van der Waals surface area contributed by atoms with Gasteiger partial charge in [-0.3, -0.25) is 0 Å². The van der Waals surface area contributed by atoms with Crippen molar-refractivity contribution in [3.8, 4) is 0 Å². The Bertz CT molecular complexity index is 932. The number of methoxy groups -OCH3 is 1. The first kappa shape index (κ1) is 20.9. The van der Waals surface area contributed by atoms with Crippen LogP contribution >= 0.6 is 22.6 Å². The van der Waals surface area contributed by atoms with E-state index in [1.54, 1.807) is 12.1 Å². The summed E-state index contributed by atoms with van der Waals surface area (Å²) in [4.78, 5) is 15.8. The van der Waals surface area contributed by atoms with Gasteiger partial charge in [0.25, 0.3) is 0 Å². The third-order valence-electron chi connectivity index (χ3n) is 6.83. The molecule has 3 aliphatic carbocycles. The van der Waals surface area contributed by atoms with Gasteiger partial charge in [-0.25, -0.2) is 9.78 Å². The Balaban J connectivity index is 1.62. The summed E-state index contributed by atoms with van der Waals surface area (Å²) in [5.74, 6) is -0.874. The highest BCUT2D eigenvalue weighted by molar-refractivity contribution is 14.1. The Kier molecular flexibility index (Phi) is 5.32. The SMILES string of the molecule is COC(=O)c1cc(C(F)(F)F)c2cc(CCC34CCC(I)(CC3)CC4)ccc2n1. The van der Waals surface area contributed by atoms with E-state index >= 15 is 0 Å². The fourth-order valence-electron chi connectivity index (χ4n) is 4.87. The molecule has 7 heteroatoms. The lowest BCUT2D eigenvalue weighted by molar-refractivity contribution is -0.136. The minimum Gasteiger partial charge on any atom is -0.464 e. The van der Waals surface area contributed by atoms with Crippen molar-refractivity contribution in [3.63, 3.8) is 0 Å². The van der Waals surface area contributed by atoms with Crippen LogP contribution in [-0.2, 0) is 17.3 Å². The third kappa shape index (κ3) is 4.11. The summed E-state index contributed by atoms with van der Waals surface area (Å²) >= 11 is 2.62. The maximum absolute atomic E-state index is 13.6. The summed E-state index contributed by atoms with van der Waals surface area (Å²) in [5, 5.41) is 0.0405. The molecule has 0 atom stereocenters. The van der Waals surface area contributed by atoms with Gasteiger partial charge >= 0.3 is 12.1 Å². The molecule has 5 rings (SSSR count). The third-order valence-corrected chi connectivity index (χ3v) is 8.45. The van der Waals surface area contributed by atoms with Gasteiger partial charge in [-0.1, -0.05) is 28.7 Å². The molecule has 1 aromatic carbocycles. The number of carbonyl (C=O) groups is 1. The van der Waals surface area contributed by atoms with Crippen molar-refractivity contribution in [1.82, 2.24) is 4.98 Å². The van der Waals surface area contributed by atoms with Crippen LogP contribution in [0.15, 0.2) is 24.3 Å². The molecule has 3 fully saturated rings. The number of aromatic nitrogens is 1. The number of aryl methyl sites for hydroxylation is 1. The molecule has 1 heterocycles. The molecule has 0 N–H and O–H groups in total. The van der Waals surface area contributed by atoms with Gasteiger partial charge in [0.1, 0.15) is 5.69 Å². The quantitative estimate of drug-likeness (QED) is 0.264. The lowest BCUT2D eigenvalue weighted by Crippen LogP contribution is -2.42. The van der Waals surface area contributed by atoms with E-state index in [4.69, 9.17) is 0 Å². The van der Waals surface area contributed by atoms with E-state index in [1.165, 1.54) is 38.5 Å². The largest absolute Gasteiger partial charge is 0.464 e. The molecule has 0 aliphatic heterocycles. The Labute approximate surface area is 181 Å². The predicted octanol–water partition coefficient (Wildman–Crippen LogP) is 6.50. The summed E-state index contributed by atoms with van der Waals surface area (Å²) < 4.78 is 46.0. The van der Waals surface area contributed by atoms with Gasteiger partial charge in [0.2, 0.25) is 0 Å². The number of hydrogen-bond donors (Lipinski definition) is 0. The van der Waals surface area contributed by atoms with Crippen molar-refractivity contribution >= 4 is 39.5 Å². The van der Waals surface area contributed by atoms with Gasteiger partial charge in [0.15, 0.2) is 0 Å². The summed E-state index contributed by atoms with van der Waals surface area (Å²) in [6.45, 7) is 0. The molecule has 0 saturated heterocycles. The Morgan fingerprint density at radius 1 is 1.14 bits per heavy atom. The van der Waals surface area contributed by atoms with Crippen LogP contribution in [0.3, 0.4) is 0 Å². The standard InChI is InChI=1S/C22H23F3INO2/c1-29-19(28)18-13-16(22(23,24)25)15-12-14(2-3-17(15)27-18)4-5-20-6-9-21(26,10-7-20)11-8-20/h2-3,12-13H,4-11H2,1H3. The number of ether oxygens (including phenoxy) is 1. The number of fused-ring (bicyclic) bond motifs is 4. The Morgan fingerprint density at radius 2 is 1.79 bits per heavy atom. The molecule has 2 aromatic rings. The second kappa shape index (κ2) is 7.39. The van der Waals surface area contributed by atoms with Crippen LogP contribution in [0, 0.1) is 5.41 Å². The molecule has 0 unspecified atom stereocenters. The highest BCUT2D eigenvalue weighted by atomic mass is 127. The van der Waals surface area contributed by atoms with Crippen molar-refractivity contribution in [1.29, 1.82) is 0 Å². The molecule has 0 spiro atoms. The number of esters is 1. The Morgan fingerprint density at radius 3 is 2.38 bits per heavy atom. The number of benzene rings is 1. The normalized spacial score (nSPS) is 26.7. The number of halogens is 4. The molecule has 3 aliphatic rings.